The maximum absolute atomic E-state index is 13.4. The number of hydrogen-bond acceptors (Lipinski definition) is 6. The van der Waals surface area contributed by atoms with Crippen LogP contribution in [0.3, 0.4) is 0 Å². The van der Waals surface area contributed by atoms with Crippen LogP contribution in [0, 0.1) is 41.5 Å². The highest BCUT2D eigenvalue weighted by molar-refractivity contribution is 6.04. The Morgan fingerprint density at radius 1 is 0.609 bits per heavy atom. The summed E-state index contributed by atoms with van der Waals surface area (Å²) in [5, 5.41) is 0. The van der Waals surface area contributed by atoms with Gasteiger partial charge in [0.25, 0.3) is 0 Å². The number of rotatable bonds is 2. The van der Waals surface area contributed by atoms with Gasteiger partial charge in [-0.15, -0.1) is 0 Å². The van der Waals surface area contributed by atoms with Gasteiger partial charge in [-0.1, -0.05) is 13.8 Å². The monoisotopic (exact) mass is 618 g/mol. The highest BCUT2D eigenvalue weighted by Gasteiger charge is 2.53. The number of nitrogens with zero attached hydrogens (tertiary/aromatic N) is 2. The fraction of sp³-hybridized carbons (Fsp3) is 0.421. The van der Waals surface area contributed by atoms with Gasteiger partial charge in [0.05, 0.1) is 58.6 Å². The Hall–Kier alpha value is -4.46. The number of methoxy groups -OCH3 is 2. The number of carbonyl (C=O) groups excluding carboxylic acids is 2. The van der Waals surface area contributed by atoms with Gasteiger partial charge in [0.15, 0.2) is 0 Å². The second kappa shape index (κ2) is 9.53. The number of esters is 2. The fourth-order valence-corrected chi connectivity index (χ4v) is 8.63. The van der Waals surface area contributed by atoms with Crippen LogP contribution < -0.4 is 0 Å². The fourth-order valence-electron chi connectivity index (χ4n) is 8.63. The standard InChI is InChI=1S/C38H42N4O4/c1-15-16(2)28-20(6)30-22(8)38(10)26(36(44)46-12)14-24(34(38)42-30)32-18(4)17(3)31(40-32)23-13-25(35(43)45-11)37(9)21(7)29(41-33(23)37)19(5)27(15)39-28/h13-14,21-22,39-40H,1-12H3. The summed E-state index contributed by atoms with van der Waals surface area (Å²) in [6.45, 7) is 21.2. The van der Waals surface area contributed by atoms with E-state index >= 15 is 0 Å². The van der Waals surface area contributed by atoms with E-state index in [2.05, 4.69) is 79.2 Å². The van der Waals surface area contributed by atoms with E-state index in [9.17, 15) is 9.59 Å². The largest absolute Gasteiger partial charge is 0.466 e. The molecule has 4 aliphatic rings. The van der Waals surface area contributed by atoms with Gasteiger partial charge < -0.3 is 19.4 Å². The quantitative estimate of drug-likeness (QED) is 0.289. The molecule has 7 rings (SSSR count). The molecule has 8 bridgehead atoms. The molecule has 8 heteroatoms. The van der Waals surface area contributed by atoms with E-state index in [1.807, 2.05) is 12.2 Å². The molecule has 0 saturated carbocycles. The van der Waals surface area contributed by atoms with Crippen LogP contribution in [0.5, 0.6) is 0 Å². The number of nitrogens with one attached hydrogen (secondary N) is 2. The van der Waals surface area contributed by atoms with Crippen molar-refractivity contribution in [3.63, 3.8) is 0 Å². The molecular formula is C38H42N4O4. The van der Waals surface area contributed by atoms with Gasteiger partial charge in [-0.05, 0) is 101 Å². The van der Waals surface area contributed by atoms with Crippen LogP contribution in [-0.2, 0) is 29.9 Å². The van der Waals surface area contributed by atoms with Crippen molar-refractivity contribution in [3.05, 3.63) is 78.4 Å². The van der Waals surface area contributed by atoms with Gasteiger partial charge >= 0.3 is 11.9 Å². The topological polar surface area (TPSA) is 110 Å². The molecule has 8 nitrogen and oxygen atoms in total. The third-order valence-corrected chi connectivity index (χ3v) is 12.2. The Balaban J connectivity index is 1.76. The lowest BCUT2D eigenvalue weighted by molar-refractivity contribution is -0.137. The van der Waals surface area contributed by atoms with Crippen LogP contribution in [0.2, 0.25) is 0 Å². The molecule has 2 aliphatic carbocycles. The number of aromatic nitrogens is 4. The molecule has 2 N–H and O–H groups in total. The lowest BCUT2D eigenvalue weighted by Gasteiger charge is -2.28. The molecule has 3 aromatic heterocycles. The summed E-state index contributed by atoms with van der Waals surface area (Å²) in [6.07, 6.45) is 3.91. The molecule has 0 amide bonds. The predicted octanol–water partition coefficient (Wildman–Crippen LogP) is 7.43. The number of carbonyl (C=O) groups is 2. The van der Waals surface area contributed by atoms with Crippen LogP contribution >= 0.6 is 0 Å². The smallest absolute Gasteiger partial charge is 0.334 e. The Morgan fingerprint density at radius 3 is 1.28 bits per heavy atom. The summed E-state index contributed by atoms with van der Waals surface area (Å²) in [4.78, 5) is 45.0. The van der Waals surface area contributed by atoms with Crippen molar-refractivity contribution < 1.29 is 19.1 Å². The van der Waals surface area contributed by atoms with E-state index in [1.54, 1.807) is 0 Å². The third-order valence-electron chi connectivity index (χ3n) is 12.2. The highest BCUT2D eigenvalue weighted by atomic mass is 16.5. The van der Waals surface area contributed by atoms with Crippen molar-refractivity contribution >= 4 is 46.2 Å². The first kappa shape index (κ1) is 30.2. The van der Waals surface area contributed by atoms with E-state index in [0.717, 1.165) is 89.4 Å². The average molecular weight is 619 g/mol. The first-order valence-electron chi connectivity index (χ1n) is 16.0. The minimum absolute atomic E-state index is 0.0835. The van der Waals surface area contributed by atoms with Gasteiger partial charge in [-0.3, -0.25) is 9.97 Å². The van der Waals surface area contributed by atoms with Crippen molar-refractivity contribution in [3.8, 4) is 0 Å². The molecule has 4 atom stereocenters. The molecule has 0 aromatic carbocycles. The normalized spacial score (nSPS) is 24.3. The number of H-pyrrole nitrogens is 2. The van der Waals surface area contributed by atoms with Gasteiger partial charge in [-0.25, -0.2) is 9.59 Å². The SMILES string of the molecule is COC(=O)C1=Cc2c3nc(c(C)c4[nH]c(c(C)c5nc6c(c7[nH]c2c(C)c7C)C=C(C(=O)OC)C6(C)C5C)c(C)c4C)C(C)C13C. The van der Waals surface area contributed by atoms with E-state index in [4.69, 9.17) is 19.4 Å². The average Bonchev–Trinajstić information content (AvgIpc) is 3.81. The van der Waals surface area contributed by atoms with Crippen molar-refractivity contribution in [2.45, 2.75) is 91.9 Å². The predicted molar refractivity (Wildman–Crippen MR) is 181 cm³/mol. The Kier molecular flexibility index (Phi) is 6.26. The zero-order valence-electron chi connectivity index (χ0n) is 28.8. The molecule has 0 radical (unpaired) electrons. The minimum atomic E-state index is -0.676. The number of ether oxygens (including phenoxy) is 2. The maximum Gasteiger partial charge on any atom is 0.334 e. The number of aromatic amines is 2. The summed E-state index contributed by atoms with van der Waals surface area (Å²) in [7, 11) is 2.87. The molecule has 2 aliphatic heterocycles. The third kappa shape index (κ3) is 3.39. The first-order valence-corrected chi connectivity index (χ1v) is 16.0. The first-order chi connectivity index (χ1) is 21.6. The molecular weight excluding hydrogens is 576 g/mol. The summed E-state index contributed by atoms with van der Waals surface area (Å²) < 4.78 is 10.7. The van der Waals surface area contributed by atoms with Gasteiger partial charge in [-0.2, -0.15) is 0 Å². The maximum atomic E-state index is 13.4. The lowest BCUT2D eigenvalue weighted by atomic mass is 9.72. The van der Waals surface area contributed by atoms with Gasteiger partial charge in [0.1, 0.15) is 0 Å². The van der Waals surface area contributed by atoms with Crippen molar-refractivity contribution in [2.75, 3.05) is 14.2 Å². The van der Waals surface area contributed by atoms with Crippen LogP contribution in [0.1, 0.15) is 107 Å². The van der Waals surface area contributed by atoms with E-state index in [1.165, 1.54) is 14.2 Å². The van der Waals surface area contributed by atoms with Crippen molar-refractivity contribution in [1.82, 2.24) is 19.9 Å². The Morgan fingerprint density at radius 2 is 0.935 bits per heavy atom. The number of fused-ring (bicyclic) bond motifs is 8. The molecule has 0 fully saturated rings. The second-order valence-electron chi connectivity index (χ2n) is 14.0. The van der Waals surface area contributed by atoms with Crippen LogP contribution in [0.25, 0.3) is 34.2 Å². The van der Waals surface area contributed by atoms with Crippen molar-refractivity contribution in [2.24, 2.45) is 0 Å². The van der Waals surface area contributed by atoms with Gasteiger partial charge in [0, 0.05) is 45.4 Å². The Labute approximate surface area is 269 Å². The van der Waals surface area contributed by atoms with Crippen molar-refractivity contribution in [1.29, 1.82) is 0 Å². The lowest BCUT2D eigenvalue weighted by Crippen LogP contribution is -2.30. The van der Waals surface area contributed by atoms with E-state index in [-0.39, 0.29) is 23.8 Å². The molecule has 0 spiro atoms. The van der Waals surface area contributed by atoms with Gasteiger partial charge in [0.2, 0.25) is 0 Å². The van der Waals surface area contributed by atoms with Crippen LogP contribution in [0.15, 0.2) is 11.1 Å². The Bertz CT molecular complexity index is 2050. The summed E-state index contributed by atoms with van der Waals surface area (Å²) in [6, 6.07) is 0. The van der Waals surface area contributed by atoms with Crippen LogP contribution in [0.4, 0.5) is 0 Å². The zero-order valence-corrected chi connectivity index (χ0v) is 28.8. The molecule has 3 aromatic rings. The van der Waals surface area contributed by atoms with E-state index < -0.39 is 10.8 Å². The molecule has 46 heavy (non-hydrogen) atoms. The summed E-state index contributed by atoms with van der Waals surface area (Å²) in [5.41, 5.74) is 15.6. The molecule has 0 saturated heterocycles. The second-order valence-corrected chi connectivity index (χ2v) is 14.0. The highest BCUT2D eigenvalue weighted by Crippen LogP contribution is 2.56. The number of aryl methyl sites for hydroxylation is 6. The van der Waals surface area contributed by atoms with Crippen LogP contribution in [-0.4, -0.2) is 46.1 Å². The molecule has 5 heterocycles. The number of hydrogen-bond donors (Lipinski definition) is 2. The minimum Gasteiger partial charge on any atom is -0.466 e. The molecule has 4 unspecified atom stereocenters. The summed E-state index contributed by atoms with van der Waals surface area (Å²) >= 11 is 0. The molecule has 238 valence electrons. The zero-order chi connectivity index (χ0) is 33.4. The summed E-state index contributed by atoms with van der Waals surface area (Å²) in [5.74, 6) is -0.871. The van der Waals surface area contributed by atoms with E-state index in [0.29, 0.717) is 11.1 Å².